The number of carboxylic acids is 1. The molecule has 8 heteroatoms. The van der Waals surface area contributed by atoms with Gasteiger partial charge < -0.3 is 19.6 Å². The van der Waals surface area contributed by atoms with Gasteiger partial charge in [0.15, 0.2) is 0 Å². The quantitative estimate of drug-likeness (QED) is 0.371. The number of amides is 2. The van der Waals surface area contributed by atoms with Crippen molar-refractivity contribution in [3.8, 4) is 0 Å². The van der Waals surface area contributed by atoms with Gasteiger partial charge in [-0.25, -0.2) is 4.39 Å². The molecule has 0 spiro atoms. The molecule has 0 aliphatic carbocycles. The average Bonchev–Trinajstić information content (AvgIpc) is 2.94. The lowest BCUT2D eigenvalue weighted by Crippen LogP contribution is -2.63. The zero-order valence-electron chi connectivity index (χ0n) is 24.2. The molecule has 220 valence electrons. The zero-order valence-corrected chi connectivity index (χ0v) is 24.2. The van der Waals surface area contributed by atoms with E-state index in [4.69, 9.17) is 4.74 Å². The zero-order chi connectivity index (χ0) is 30.0. The van der Waals surface area contributed by atoms with Crippen molar-refractivity contribution >= 4 is 17.8 Å². The van der Waals surface area contributed by atoms with Crippen LogP contribution in [0.5, 0.6) is 0 Å². The van der Waals surface area contributed by atoms with Gasteiger partial charge in [-0.1, -0.05) is 85.1 Å². The molecule has 3 aromatic carbocycles. The number of aryl methyl sites for hydroxylation is 2. The first-order valence-electron chi connectivity index (χ1n) is 14.5. The van der Waals surface area contributed by atoms with Crippen LogP contribution >= 0.6 is 0 Å². The van der Waals surface area contributed by atoms with Crippen LogP contribution in [0.2, 0.25) is 0 Å². The summed E-state index contributed by atoms with van der Waals surface area (Å²) in [5.41, 5.74) is 4.63. The molecule has 4 atom stereocenters. The Morgan fingerprint density at radius 1 is 0.929 bits per heavy atom. The topological polar surface area (TPSA) is 87.2 Å². The number of halogens is 1. The van der Waals surface area contributed by atoms with Crippen molar-refractivity contribution in [3.05, 3.63) is 106 Å². The Balaban J connectivity index is 1.60. The maximum absolute atomic E-state index is 14.5. The second-order valence-electron chi connectivity index (χ2n) is 11.5. The summed E-state index contributed by atoms with van der Waals surface area (Å²) in [6, 6.07) is 20.5. The van der Waals surface area contributed by atoms with E-state index in [1.165, 1.54) is 12.1 Å². The molecule has 2 aliphatic rings. The Hall–Kier alpha value is -4.04. The van der Waals surface area contributed by atoms with Crippen molar-refractivity contribution in [2.24, 2.45) is 5.92 Å². The van der Waals surface area contributed by atoms with E-state index < -0.39 is 36.2 Å². The monoisotopic (exact) mass is 572 g/mol. The second kappa shape index (κ2) is 12.4. The maximum atomic E-state index is 14.5. The molecule has 2 heterocycles. The number of likely N-dealkylation sites (tertiary alicyclic amines) is 1. The predicted molar refractivity (Wildman–Crippen MR) is 156 cm³/mol. The van der Waals surface area contributed by atoms with E-state index in [1.807, 2.05) is 69.3 Å². The number of carboxylic acid groups (broad SMARTS) is 1. The second-order valence-corrected chi connectivity index (χ2v) is 11.5. The number of benzene rings is 3. The first-order valence-corrected chi connectivity index (χ1v) is 14.5. The molecule has 5 rings (SSSR count). The van der Waals surface area contributed by atoms with Gasteiger partial charge in [0.05, 0.1) is 12.0 Å². The molecule has 7 nitrogen and oxygen atoms in total. The summed E-state index contributed by atoms with van der Waals surface area (Å²) in [6.45, 7) is 6.22. The number of hydrogen-bond acceptors (Lipinski definition) is 4. The predicted octanol–water partition coefficient (Wildman–Crippen LogP) is 5.41. The standard InChI is InChI=1S/C34H37FN2O5/c1-4-5-28(32(38)36-19-26(20-36)34(40)41)37-30(24-12-6-21(2)7-13-24)31(25-14-8-22(3)9-15-25)42-29(33(37)39)18-23-10-16-27(35)17-11-23/h6-17,26,28-31H,4-5,18-20H2,1-3H3,(H,40,41). The number of carbonyl (C=O) groups is 3. The molecule has 42 heavy (non-hydrogen) atoms. The van der Waals surface area contributed by atoms with Crippen molar-refractivity contribution in [2.45, 2.75) is 64.3 Å². The molecule has 2 amide bonds. The third kappa shape index (κ3) is 6.09. The van der Waals surface area contributed by atoms with Gasteiger partial charge in [0.1, 0.15) is 24.1 Å². The van der Waals surface area contributed by atoms with Crippen LogP contribution in [0.1, 0.15) is 59.7 Å². The highest BCUT2D eigenvalue weighted by Crippen LogP contribution is 2.44. The van der Waals surface area contributed by atoms with Crippen LogP contribution in [-0.2, 0) is 25.5 Å². The van der Waals surface area contributed by atoms with Crippen molar-refractivity contribution in [3.63, 3.8) is 0 Å². The molecular weight excluding hydrogens is 535 g/mol. The fraction of sp³-hybridized carbons (Fsp3) is 0.382. The van der Waals surface area contributed by atoms with E-state index >= 15 is 0 Å². The summed E-state index contributed by atoms with van der Waals surface area (Å²) in [5.74, 6) is -2.45. The van der Waals surface area contributed by atoms with Gasteiger partial charge in [0.2, 0.25) is 5.91 Å². The molecule has 2 fully saturated rings. The third-order valence-corrected chi connectivity index (χ3v) is 8.31. The number of ether oxygens (including phenoxy) is 1. The highest BCUT2D eigenvalue weighted by atomic mass is 19.1. The largest absolute Gasteiger partial charge is 0.481 e. The van der Waals surface area contributed by atoms with E-state index in [-0.39, 0.29) is 37.1 Å². The van der Waals surface area contributed by atoms with Crippen LogP contribution in [0.25, 0.3) is 0 Å². The van der Waals surface area contributed by atoms with Gasteiger partial charge in [-0.05, 0) is 49.1 Å². The minimum Gasteiger partial charge on any atom is -0.481 e. The molecule has 0 aromatic heterocycles. The van der Waals surface area contributed by atoms with Crippen LogP contribution < -0.4 is 0 Å². The summed E-state index contributed by atoms with van der Waals surface area (Å²) in [7, 11) is 0. The Labute approximate surface area is 245 Å². The minimum atomic E-state index is -0.926. The smallest absolute Gasteiger partial charge is 0.310 e. The summed E-state index contributed by atoms with van der Waals surface area (Å²) >= 11 is 0. The molecule has 1 N–H and O–H groups in total. The van der Waals surface area contributed by atoms with Crippen LogP contribution in [0.4, 0.5) is 4.39 Å². The molecule has 2 saturated heterocycles. The Morgan fingerprint density at radius 3 is 2.05 bits per heavy atom. The van der Waals surface area contributed by atoms with Crippen molar-refractivity contribution in [2.75, 3.05) is 13.1 Å². The first kappa shape index (κ1) is 29.5. The average molecular weight is 573 g/mol. The number of rotatable bonds is 9. The van der Waals surface area contributed by atoms with Gasteiger partial charge in [0, 0.05) is 19.5 Å². The lowest BCUT2D eigenvalue weighted by Gasteiger charge is -2.49. The van der Waals surface area contributed by atoms with Crippen LogP contribution in [0.3, 0.4) is 0 Å². The first-order chi connectivity index (χ1) is 20.2. The maximum Gasteiger partial charge on any atom is 0.310 e. The Bertz CT molecular complexity index is 1420. The molecule has 0 saturated carbocycles. The normalized spacial score (nSPS) is 21.6. The van der Waals surface area contributed by atoms with Crippen LogP contribution in [-0.4, -0.2) is 57.9 Å². The van der Waals surface area contributed by atoms with Gasteiger partial charge >= 0.3 is 5.97 Å². The van der Waals surface area contributed by atoms with Crippen molar-refractivity contribution in [1.82, 2.24) is 9.80 Å². The molecular formula is C34H37FN2O5. The lowest BCUT2D eigenvalue weighted by molar-refractivity contribution is -0.185. The van der Waals surface area contributed by atoms with Gasteiger partial charge in [-0.2, -0.15) is 0 Å². The van der Waals surface area contributed by atoms with E-state index in [2.05, 4.69) is 0 Å². The number of nitrogens with zero attached hydrogens (tertiary/aromatic N) is 2. The number of carbonyl (C=O) groups excluding carboxylic acids is 2. The third-order valence-electron chi connectivity index (χ3n) is 8.31. The number of aliphatic carboxylic acids is 1. The molecule has 4 unspecified atom stereocenters. The molecule has 0 radical (unpaired) electrons. The van der Waals surface area contributed by atoms with Crippen LogP contribution in [0.15, 0.2) is 72.8 Å². The number of morpholine rings is 1. The van der Waals surface area contributed by atoms with Gasteiger partial charge in [-0.3, -0.25) is 14.4 Å². The summed E-state index contributed by atoms with van der Waals surface area (Å²) in [5, 5.41) is 9.41. The fourth-order valence-corrected chi connectivity index (χ4v) is 5.87. The van der Waals surface area contributed by atoms with Crippen molar-refractivity contribution in [1.29, 1.82) is 0 Å². The van der Waals surface area contributed by atoms with Crippen LogP contribution in [0, 0.1) is 25.6 Å². The lowest BCUT2D eigenvalue weighted by atomic mass is 9.87. The molecule has 0 bridgehead atoms. The Morgan fingerprint density at radius 2 is 1.50 bits per heavy atom. The van der Waals surface area contributed by atoms with E-state index in [0.29, 0.717) is 12.8 Å². The van der Waals surface area contributed by atoms with E-state index in [0.717, 1.165) is 27.8 Å². The van der Waals surface area contributed by atoms with E-state index in [9.17, 15) is 23.9 Å². The summed E-state index contributed by atoms with van der Waals surface area (Å²) < 4.78 is 20.3. The Kier molecular flexibility index (Phi) is 8.73. The fourth-order valence-electron chi connectivity index (χ4n) is 5.87. The SMILES string of the molecule is CCCC(C(=O)N1CC(C(=O)O)C1)N1C(=O)C(Cc2ccc(F)cc2)OC(c2ccc(C)cc2)C1c1ccc(C)cc1. The summed E-state index contributed by atoms with van der Waals surface area (Å²) in [4.78, 5) is 43.2. The van der Waals surface area contributed by atoms with E-state index in [1.54, 1.807) is 21.9 Å². The number of hydrogen-bond donors (Lipinski definition) is 1. The summed E-state index contributed by atoms with van der Waals surface area (Å²) in [6.07, 6.45) is -0.192. The minimum absolute atomic E-state index is 0.127. The highest BCUT2D eigenvalue weighted by Gasteiger charge is 2.50. The van der Waals surface area contributed by atoms with Crippen molar-refractivity contribution < 1.29 is 28.6 Å². The molecule has 2 aliphatic heterocycles. The molecule has 3 aromatic rings. The highest BCUT2D eigenvalue weighted by molar-refractivity contribution is 5.91. The van der Waals surface area contributed by atoms with Gasteiger partial charge in [-0.15, -0.1) is 0 Å². The van der Waals surface area contributed by atoms with Gasteiger partial charge in [0.25, 0.3) is 5.91 Å².